The first-order valence-corrected chi connectivity index (χ1v) is 12.1. The van der Waals surface area contributed by atoms with Crippen LogP contribution in [0.5, 0.6) is 0 Å². The molecule has 0 unspecified atom stereocenters. The maximum Gasteiger partial charge on any atom is 0.264 e. The van der Waals surface area contributed by atoms with E-state index >= 15 is 0 Å². The molecular weight excluding hydrogens is 416 g/mol. The van der Waals surface area contributed by atoms with Gasteiger partial charge in [-0.25, -0.2) is 0 Å². The lowest BCUT2D eigenvalue weighted by Crippen LogP contribution is -2.35. The van der Waals surface area contributed by atoms with Gasteiger partial charge in [0.1, 0.15) is 4.70 Å². The molecule has 0 atom stereocenters. The fraction of sp³-hybridized carbons (Fsp3) is 0.148. The van der Waals surface area contributed by atoms with Gasteiger partial charge in [0, 0.05) is 42.6 Å². The van der Waals surface area contributed by atoms with E-state index in [0.717, 1.165) is 18.7 Å². The van der Waals surface area contributed by atoms with Gasteiger partial charge in [0.2, 0.25) is 5.52 Å². The van der Waals surface area contributed by atoms with E-state index in [1.807, 2.05) is 11.3 Å². The summed E-state index contributed by atoms with van der Waals surface area (Å²) >= 11 is 6.30. The van der Waals surface area contributed by atoms with Crippen molar-refractivity contribution in [2.24, 2.45) is 0 Å². The van der Waals surface area contributed by atoms with Gasteiger partial charge in [-0.3, -0.25) is 0 Å². The SMILES string of the molecule is CN1/C(=C/c2sc3ccccc3[n+]2CCCS)C=C(c2ccccc2)c2ccccc21. The molecule has 2 heterocycles. The molecule has 0 fully saturated rings. The molecule has 1 aromatic heterocycles. The molecule has 0 bridgehead atoms. The Bertz CT molecular complexity index is 1290. The van der Waals surface area contributed by atoms with Gasteiger partial charge in [0.05, 0.1) is 0 Å². The van der Waals surface area contributed by atoms with Crippen LogP contribution in [0.2, 0.25) is 0 Å². The van der Waals surface area contributed by atoms with Gasteiger partial charge in [0.25, 0.3) is 5.01 Å². The lowest BCUT2D eigenvalue weighted by atomic mass is 9.92. The van der Waals surface area contributed by atoms with E-state index in [4.69, 9.17) is 0 Å². The first kappa shape index (κ1) is 20.1. The highest BCUT2D eigenvalue weighted by Gasteiger charge is 2.24. The summed E-state index contributed by atoms with van der Waals surface area (Å²) in [6, 6.07) is 28.0. The first-order chi connectivity index (χ1) is 15.3. The highest BCUT2D eigenvalue weighted by molar-refractivity contribution is 7.80. The summed E-state index contributed by atoms with van der Waals surface area (Å²) in [4.78, 5) is 2.30. The molecule has 0 N–H and O–H groups in total. The molecule has 4 aromatic rings. The number of benzene rings is 3. The van der Waals surface area contributed by atoms with E-state index in [0.29, 0.717) is 0 Å². The van der Waals surface area contributed by atoms with Crippen molar-refractivity contribution in [3.8, 4) is 0 Å². The van der Waals surface area contributed by atoms with Crippen LogP contribution in [0.4, 0.5) is 5.69 Å². The summed E-state index contributed by atoms with van der Waals surface area (Å²) in [6.07, 6.45) is 5.71. The van der Waals surface area contributed by atoms with Crippen LogP contribution in [0.15, 0.2) is 90.6 Å². The van der Waals surface area contributed by atoms with Crippen molar-refractivity contribution in [1.29, 1.82) is 0 Å². The second-order valence-corrected chi connectivity index (χ2v) is 9.22. The van der Waals surface area contributed by atoms with Gasteiger partial charge >= 0.3 is 0 Å². The molecule has 31 heavy (non-hydrogen) atoms. The molecule has 0 saturated carbocycles. The van der Waals surface area contributed by atoms with Crippen LogP contribution in [0.25, 0.3) is 21.9 Å². The van der Waals surface area contributed by atoms with Crippen molar-refractivity contribution < 1.29 is 4.57 Å². The van der Waals surface area contributed by atoms with Crippen LogP contribution >= 0.6 is 24.0 Å². The minimum Gasteiger partial charge on any atom is -0.344 e. The lowest BCUT2D eigenvalue weighted by molar-refractivity contribution is -0.668. The number of aryl methyl sites for hydroxylation is 1. The number of anilines is 1. The lowest BCUT2D eigenvalue weighted by Gasteiger charge is -2.29. The van der Waals surface area contributed by atoms with Gasteiger partial charge in [-0.15, -0.1) is 0 Å². The zero-order valence-electron chi connectivity index (χ0n) is 17.5. The topological polar surface area (TPSA) is 7.12 Å². The number of hydrogen-bond donors (Lipinski definition) is 1. The number of nitrogens with zero attached hydrogens (tertiary/aromatic N) is 2. The Morgan fingerprint density at radius 1 is 0.935 bits per heavy atom. The zero-order chi connectivity index (χ0) is 21.2. The van der Waals surface area contributed by atoms with E-state index in [1.165, 1.54) is 43.3 Å². The minimum absolute atomic E-state index is 0.887. The Hall–Kier alpha value is -2.82. The Morgan fingerprint density at radius 2 is 1.68 bits per heavy atom. The normalized spacial score (nSPS) is 14.7. The van der Waals surface area contributed by atoms with Gasteiger partial charge in [-0.1, -0.05) is 72.0 Å². The molecule has 0 spiro atoms. The average molecular weight is 442 g/mol. The third-order valence-electron chi connectivity index (χ3n) is 5.77. The van der Waals surface area contributed by atoms with Crippen LogP contribution in [-0.4, -0.2) is 12.8 Å². The average Bonchev–Trinajstić information content (AvgIpc) is 3.17. The van der Waals surface area contributed by atoms with E-state index in [-0.39, 0.29) is 0 Å². The van der Waals surface area contributed by atoms with Crippen LogP contribution in [-0.2, 0) is 6.54 Å². The smallest absolute Gasteiger partial charge is 0.264 e. The molecule has 4 heteroatoms. The fourth-order valence-electron chi connectivity index (χ4n) is 4.20. The van der Waals surface area contributed by atoms with E-state index in [2.05, 4.69) is 120 Å². The molecular formula is C27H25N2S2+. The molecule has 0 aliphatic carbocycles. The number of para-hydroxylation sites is 2. The molecule has 154 valence electrons. The van der Waals surface area contributed by atoms with Crippen molar-refractivity contribution in [3.05, 3.63) is 107 Å². The summed E-state index contributed by atoms with van der Waals surface area (Å²) in [6.45, 7) is 0.974. The summed E-state index contributed by atoms with van der Waals surface area (Å²) < 4.78 is 3.76. The van der Waals surface area contributed by atoms with Crippen molar-refractivity contribution in [1.82, 2.24) is 0 Å². The molecule has 0 amide bonds. The predicted octanol–water partition coefficient (Wildman–Crippen LogP) is 6.43. The summed E-state index contributed by atoms with van der Waals surface area (Å²) in [5, 5.41) is 1.27. The van der Waals surface area contributed by atoms with Crippen LogP contribution in [0, 0.1) is 0 Å². The standard InChI is InChI=1S/C27H24N2S2/c1-28-21(19-27-29(16-9-17-30)25-14-7-8-15-26(25)31-27)18-23(20-10-3-2-4-11-20)22-12-5-6-13-24(22)28/h2-8,10-15,18-19H,9,16-17H2,1H3/p+1. The molecule has 3 aromatic carbocycles. The van der Waals surface area contributed by atoms with Crippen molar-refractivity contribution >= 4 is 51.5 Å². The van der Waals surface area contributed by atoms with Gasteiger partial charge in [-0.2, -0.15) is 17.2 Å². The molecule has 0 saturated heterocycles. The quantitative estimate of drug-likeness (QED) is 0.277. The van der Waals surface area contributed by atoms with Crippen molar-refractivity contribution in [3.63, 3.8) is 0 Å². The number of thiazole rings is 1. The fourth-order valence-corrected chi connectivity index (χ4v) is 5.47. The Kier molecular flexibility index (Phi) is 5.66. The van der Waals surface area contributed by atoms with Gasteiger partial charge < -0.3 is 4.90 Å². The molecule has 1 aliphatic rings. The van der Waals surface area contributed by atoms with Gasteiger partial charge in [0.15, 0.2) is 6.54 Å². The number of fused-ring (bicyclic) bond motifs is 2. The second-order valence-electron chi connectivity index (χ2n) is 7.71. The third-order valence-corrected chi connectivity index (χ3v) is 7.20. The number of aromatic nitrogens is 1. The largest absolute Gasteiger partial charge is 0.344 e. The van der Waals surface area contributed by atoms with E-state index < -0.39 is 0 Å². The van der Waals surface area contributed by atoms with Gasteiger partial charge in [-0.05, 0) is 35.1 Å². The minimum atomic E-state index is 0.887. The van der Waals surface area contributed by atoms with Crippen molar-refractivity contribution in [2.75, 3.05) is 17.7 Å². The number of thiol groups is 1. The number of allylic oxidation sites excluding steroid dienone is 1. The monoisotopic (exact) mass is 441 g/mol. The Labute approximate surface area is 193 Å². The maximum absolute atomic E-state index is 4.45. The Balaban J connectivity index is 1.68. The molecule has 0 radical (unpaired) electrons. The predicted molar refractivity (Wildman–Crippen MR) is 137 cm³/mol. The van der Waals surface area contributed by atoms with E-state index in [1.54, 1.807) is 0 Å². The summed E-state index contributed by atoms with van der Waals surface area (Å²) in [7, 11) is 2.16. The highest BCUT2D eigenvalue weighted by Crippen LogP contribution is 2.39. The Morgan fingerprint density at radius 3 is 2.52 bits per heavy atom. The summed E-state index contributed by atoms with van der Waals surface area (Å²) in [5.74, 6) is 0.887. The van der Waals surface area contributed by atoms with Crippen LogP contribution < -0.4 is 9.47 Å². The van der Waals surface area contributed by atoms with Crippen molar-refractivity contribution in [2.45, 2.75) is 13.0 Å². The molecule has 2 nitrogen and oxygen atoms in total. The molecule has 1 aliphatic heterocycles. The van der Waals surface area contributed by atoms with E-state index in [9.17, 15) is 0 Å². The number of rotatable bonds is 5. The van der Waals surface area contributed by atoms with Crippen LogP contribution in [0.1, 0.15) is 22.6 Å². The van der Waals surface area contributed by atoms with Crippen LogP contribution in [0.3, 0.4) is 0 Å². The first-order valence-electron chi connectivity index (χ1n) is 10.6. The summed E-state index contributed by atoms with van der Waals surface area (Å²) in [5.41, 5.74) is 7.51. The third kappa shape index (κ3) is 3.82. The maximum atomic E-state index is 4.45. The molecule has 5 rings (SSSR count). The highest BCUT2D eigenvalue weighted by atomic mass is 32.1. The second kappa shape index (κ2) is 8.74. The zero-order valence-corrected chi connectivity index (χ0v) is 19.2. The number of likely N-dealkylation sites (N-methyl/N-ethyl adjacent to an activating group) is 1. The number of hydrogen-bond acceptors (Lipinski definition) is 3.